The van der Waals surface area contributed by atoms with Crippen LogP contribution in [0.25, 0.3) is 0 Å². The van der Waals surface area contributed by atoms with Crippen molar-refractivity contribution in [1.29, 1.82) is 0 Å². The molecular weight excluding hydrogens is 288 g/mol. The molecule has 1 rings (SSSR count). The highest BCUT2D eigenvalue weighted by molar-refractivity contribution is 6.01. The number of phenolic OH excluding ortho intramolecular Hbond substituents is 2. The quantitative estimate of drug-likeness (QED) is 0.293. The molecule has 0 atom stereocenters. The summed E-state index contributed by atoms with van der Waals surface area (Å²) in [5.74, 6) is -0.476. The highest BCUT2D eigenvalue weighted by Crippen LogP contribution is 2.28. The van der Waals surface area contributed by atoms with E-state index in [0.29, 0.717) is 6.42 Å². The van der Waals surface area contributed by atoms with Crippen molar-refractivity contribution >= 4 is 5.78 Å². The number of aromatic hydroxyl groups is 2. The molecule has 0 spiro atoms. The zero-order valence-electron chi connectivity index (χ0n) is 14.3. The van der Waals surface area contributed by atoms with Crippen LogP contribution in [0.4, 0.5) is 0 Å². The van der Waals surface area contributed by atoms with Crippen LogP contribution in [0.1, 0.15) is 81.5 Å². The molecule has 0 amide bonds. The second kappa shape index (κ2) is 11.8. The molecule has 23 heavy (non-hydrogen) atoms. The number of benzene rings is 1. The van der Waals surface area contributed by atoms with E-state index in [1.54, 1.807) is 0 Å². The van der Waals surface area contributed by atoms with Gasteiger partial charge in [-0.3, -0.25) is 4.79 Å². The molecule has 1 aromatic carbocycles. The van der Waals surface area contributed by atoms with E-state index in [1.165, 1.54) is 50.3 Å². The summed E-state index contributed by atoms with van der Waals surface area (Å²) < 4.78 is 0. The van der Waals surface area contributed by atoms with Gasteiger partial charge in [-0.1, -0.05) is 50.8 Å². The van der Waals surface area contributed by atoms with Gasteiger partial charge in [-0.05, 0) is 44.2 Å². The first-order valence-electron chi connectivity index (χ1n) is 8.86. The summed E-state index contributed by atoms with van der Waals surface area (Å²) in [7, 11) is 0. The lowest BCUT2D eigenvalue weighted by Crippen LogP contribution is -1.99. The minimum Gasteiger partial charge on any atom is -0.507 e. The topological polar surface area (TPSA) is 57.5 Å². The van der Waals surface area contributed by atoms with Crippen LogP contribution in [-0.4, -0.2) is 16.0 Å². The van der Waals surface area contributed by atoms with Crippen molar-refractivity contribution in [3.8, 4) is 11.5 Å². The maximum Gasteiger partial charge on any atom is 0.170 e. The largest absolute Gasteiger partial charge is 0.507 e. The third kappa shape index (κ3) is 7.87. The lowest BCUT2D eigenvalue weighted by Gasteiger charge is -2.05. The van der Waals surface area contributed by atoms with Gasteiger partial charge in [0, 0.05) is 6.42 Å². The van der Waals surface area contributed by atoms with E-state index in [2.05, 4.69) is 19.1 Å². The smallest absolute Gasteiger partial charge is 0.170 e. The molecule has 2 N–H and O–H groups in total. The molecule has 3 heteroatoms. The van der Waals surface area contributed by atoms with Gasteiger partial charge in [0.05, 0.1) is 0 Å². The molecule has 0 saturated heterocycles. The van der Waals surface area contributed by atoms with Gasteiger partial charge in [0.25, 0.3) is 0 Å². The summed E-state index contributed by atoms with van der Waals surface area (Å²) >= 11 is 0. The first-order valence-corrected chi connectivity index (χ1v) is 8.86. The molecular formula is C20H30O3. The van der Waals surface area contributed by atoms with E-state index in [9.17, 15) is 15.0 Å². The van der Waals surface area contributed by atoms with Gasteiger partial charge in [0.1, 0.15) is 17.1 Å². The minimum absolute atomic E-state index is 0.0510. The van der Waals surface area contributed by atoms with Crippen molar-refractivity contribution in [2.75, 3.05) is 0 Å². The molecule has 0 aliphatic carbocycles. The summed E-state index contributed by atoms with van der Waals surface area (Å²) in [6, 6.07) is 4.38. The number of rotatable bonds is 12. The fraction of sp³-hybridized carbons (Fsp3) is 0.550. The Morgan fingerprint density at radius 3 is 2.09 bits per heavy atom. The summed E-state index contributed by atoms with van der Waals surface area (Å²) in [5.41, 5.74) is 0.0510. The Labute approximate surface area is 140 Å². The molecule has 1 aromatic rings. The van der Waals surface area contributed by atoms with Gasteiger partial charge in [0.15, 0.2) is 5.78 Å². The predicted octanol–water partition coefficient (Wildman–Crippen LogP) is 5.76. The molecule has 0 heterocycles. The second-order valence-electron chi connectivity index (χ2n) is 6.01. The number of allylic oxidation sites excluding steroid dienone is 2. The zero-order valence-corrected chi connectivity index (χ0v) is 14.3. The van der Waals surface area contributed by atoms with Crippen molar-refractivity contribution < 1.29 is 15.0 Å². The summed E-state index contributed by atoms with van der Waals surface area (Å²) in [4.78, 5) is 12.0. The van der Waals surface area contributed by atoms with E-state index < -0.39 is 0 Å². The van der Waals surface area contributed by atoms with E-state index in [-0.39, 0.29) is 22.8 Å². The fourth-order valence-corrected chi connectivity index (χ4v) is 2.59. The summed E-state index contributed by atoms with van der Waals surface area (Å²) in [6.45, 7) is 2.23. The molecule has 0 unspecified atom stereocenters. The van der Waals surface area contributed by atoms with Gasteiger partial charge >= 0.3 is 0 Å². The normalized spacial score (nSPS) is 11.2. The van der Waals surface area contributed by atoms with E-state index in [0.717, 1.165) is 25.7 Å². The SMILES string of the molecule is CCCCCCC/C=C/CCCCC(=O)c1c(O)cccc1O. The van der Waals surface area contributed by atoms with E-state index in [4.69, 9.17) is 0 Å². The number of Topliss-reactive ketones (excluding diaryl/α,β-unsaturated/α-hetero) is 1. The van der Waals surface area contributed by atoms with Gasteiger partial charge in [-0.15, -0.1) is 0 Å². The molecule has 3 nitrogen and oxygen atoms in total. The van der Waals surface area contributed by atoms with Crippen LogP contribution in [0.15, 0.2) is 30.4 Å². The van der Waals surface area contributed by atoms with Crippen molar-refractivity contribution in [1.82, 2.24) is 0 Å². The number of hydrogen-bond acceptors (Lipinski definition) is 3. The average molecular weight is 318 g/mol. The molecule has 0 aromatic heterocycles. The molecule has 128 valence electrons. The molecule has 0 fully saturated rings. The lowest BCUT2D eigenvalue weighted by atomic mass is 10.0. The van der Waals surface area contributed by atoms with Crippen molar-refractivity contribution in [2.45, 2.75) is 71.1 Å². The highest BCUT2D eigenvalue weighted by Gasteiger charge is 2.14. The third-order valence-corrected chi connectivity index (χ3v) is 3.96. The Morgan fingerprint density at radius 1 is 0.913 bits per heavy atom. The Hall–Kier alpha value is -1.77. The van der Waals surface area contributed by atoms with Gasteiger partial charge in [-0.25, -0.2) is 0 Å². The predicted molar refractivity (Wildman–Crippen MR) is 95.1 cm³/mol. The van der Waals surface area contributed by atoms with Gasteiger partial charge in [0.2, 0.25) is 0 Å². The van der Waals surface area contributed by atoms with Crippen LogP contribution in [0.3, 0.4) is 0 Å². The maximum atomic E-state index is 12.0. The van der Waals surface area contributed by atoms with Crippen LogP contribution >= 0.6 is 0 Å². The van der Waals surface area contributed by atoms with Crippen molar-refractivity contribution in [3.63, 3.8) is 0 Å². The van der Waals surface area contributed by atoms with Gasteiger partial charge in [-0.2, -0.15) is 0 Å². The third-order valence-electron chi connectivity index (χ3n) is 3.96. The summed E-state index contributed by atoms with van der Waals surface area (Å²) in [5, 5.41) is 19.3. The van der Waals surface area contributed by atoms with Crippen LogP contribution in [0.5, 0.6) is 11.5 Å². The molecule has 0 saturated carbocycles. The van der Waals surface area contributed by atoms with E-state index >= 15 is 0 Å². The number of hydrogen-bond donors (Lipinski definition) is 2. The standard InChI is InChI=1S/C20H30O3/c1-2-3-4-5-6-7-8-9-10-11-12-14-17(21)20-18(22)15-13-16-19(20)23/h8-9,13,15-16,22-23H,2-7,10-12,14H2,1H3/b9-8+. The first kappa shape index (κ1) is 19.3. The first-order chi connectivity index (χ1) is 11.2. The number of ketones is 1. The van der Waals surface area contributed by atoms with Crippen LogP contribution in [-0.2, 0) is 0 Å². The number of unbranched alkanes of at least 4 members (excludes halogenated alkanes) is 7. The van der Waals surface area contributed by atoms with Crippen molar-refractivity contribution in [3.05, 3.63) is 35.9 Å². The second-order valence-corrected chi connectivity index (χ2v) is 6.01. The number of carbonyl (C=O) groups excluding carboxylic acids is 1. The van der Waals surface area contributed by atoms with Crippen LogP contribution < -0.4 is 0 Å². The Morgan fingerprint density at radius 2 is 1.48 bits per heavy atom. The Balaban J connectivity index is 2.12. The molecule has 0 radical (unpaired) electrons. The lowest BCUT2D eigenvalue weighted by molar-refractivity contribution is 0.0974. The zero-order chi connectivity index (χ0) is 16.9. The minimum atomic E-state index is -0.194. The average Bonchev–Trinajstić information content (AvgIpc) is 2.52. The Kier molecular flexibility index (Phi) is 9.85. The Bertz CT molecular complexity index is 471. The summed E-state index contributed by atoms with van der Waals surface area (Å²) in [6.07, 6.45) is 15.2. The monoisotopic (exact) mass is 318 g/mol. The fourth-order valence-electron chi connectivity index (χ4n) is 2.59. The van der Waals surface area contributed by atoms with Crippen LogP contribution in [0, 0.1) is 0 Å². The highest BCUT2D eigenvalue weighted by atomic mass is 16.3. The van der Waals surface area contributed by atoms with Gasteiger partial charge < -0.3 is 10.2 Å². The number of phenols is 2. The van der Waals surface area contributed by atoms with Crippen LogP contribution in [0.2, 0.25) is 0 Å². The van der Waals surface area contributed by atoms with E-state index in [1.807, 2.05) is 0 Å². The molecule has 0 aliphatic heterocycles. The van der Waals surface area contributed by atoms with Crippen molar-refractivity contribution in [2.24, 2.45) is 0 Å². The molecule has 0 bridgehead atoms. The molecule has 0 aliphatic rings. The number of carbonyl (C=O) groups is 1. The maximum absolute atomic E-state index is 12.0.